The summed E-state index contributed by atoms with van der Waals surface area (Å²) in [7, 11) is 0. The van der Waals surface area contributed by atoms with Gasteiger partial charge in [0, 0.05) is 6.54 Å². The maximum atomic E-state index is 12.9. The second-order valence-electron chi connectivity index (χ2n) is 7.29. The van der Waals surface area contributed by atoms with E-state index in [0.717, 1.165) is 5.56 Å². The Morgan fingerprint density at radius 2 is 2.07 bits per heavy atom. The summed E-state index contributed by atoms with van der Waals surface area (Å²) in [6, 6.07) is 8.60. The Balaban J connectivity index is 1.80. The standard InChI is InChI=1S/C20H27NO7/c1-4-10-21(19(24)25-12-13-8-6-5-7-9-13)15-16(14(23)11-22)26-18-17(15)27-20(2,3)28-18/h4-9,14-18,22-23H,1,10-12H2,2-3H3/t14-,15-,16-,17-,18-/m1/s1. The van der Waals surface area contributed by atoms with Gasteiger partial charge in [-0.15, -0.1) is 6.58 Å². The lowest BCUT2D eigenvalue weighted by Crippen LogP contribution is -2.55. The van der Waals surface area contributed by atoms with Crippen LogP contribution < -0.4 is 0 Å². The van der Waals surface area contributed by atoms with Gasteiger partial charge in [-0.05, 0) is 19.4 Å². The smallest absolute Gasteiger partial charge is 0.410 e. The monoisotopic (exact) mass is 393 g/mol. The first-order chi connectivity index (χ1) is 13.4. The molecule has 0 radical (unpaired) electrons. The van der Waals surface area contributed by atoms with E-state index >= 15 is 0 Å². The van der Waals surface area contributed by atoms with Gasteiger partial charge < -0.3 is 29.2 Å². The lowest BCUT2D eigenvalue weighted by atomic mass is 10.0. The summed E-state index contributed by atoms with van der Waals surface area (Å²) in [6.07, 6.45) is -2.53. The van der Waals surface area contributed by atoms with Crippen molar-refractivity contribution in [1.29, 1.82) is 0 Å². The van der Waals surface area contributed by atoms with Crippen molar-refractivity contribution in [2.24, 2.45) is 0 Å². The fourth-order valence-electron chi connectivity index (χ4n) is 3.55. The number of amides is 1. The molecule has 1 aromatic rings. The zero-order chi connectivity index (χ0) is 20.3. The molecule has 0 saturated carbocycles. The van der Waals surface area contributed by atoms with Crippen molar-refractivity contribution in [3.05, 3.63) is 48.6 Å². The summed E-state index contributed by atoms with van der Waals surface area (Å²) in [6.45, 7) is 6.93. The van der Waals surface area contributed by atoms with E-state index in [1.807, 2.05) is 30.3 Å². The Morgan fingerprint density at radius 1 is 1.36 bits per heavy atom. The van der Waals surface area contributed by atoms with Crippen LogP contribution in [0.4, 0.5) is 4.79 Å². The lowest BCUT2D eigenvalue weighted by molar-refractivity contribution is -0.222. The fourth-order valence-corrected chi connectivity index (χ4v) is 3.55. The van der Waals surface area contributed by atoms with Crippen molar-refractivity contribution >= 4 is 6.09 Å². The molecule has 1 aromatic carbocycles. The van der Waals surface area contributed by atoms with Crippen LogP contribution in [-0.2, 0) is 25.6 Å². The van der Waals surface area contributed by atoms with E-state index in [1.165, 1.54) is 4.90 Å². The van der Waals surface area contributed by atoms with Gasteiger partial charge in [0.25, 0.3) is 0 Å². The number of benzene rings is 1. The normalized spacial score (nSPS) is 29.1. The second kappa shape index (κ2) is 8.59. The molecule has 2 aliphatic rings. The van der Waals surface area contributed by atoms with Gasteiger partial charge in [0.05, 0.1) is 12.6 Å². The van der Waals surface area contributed by atoms with Crippen LogP contribution in [0.25, 0.3) is 0 Å². The second-order valence-corrected chi connectivity index (χ2v) is 7.29. The molecule has 1 amide bonds. The lowest BCUT2D eigenvalue weighted by Gasteiger charge is -2.35. The third-order valence-electron chi connectivity index (χ3n) is 4.74. The van der Waals surface area contributed by atoms with Gasteiger partial charge in [-0.3, -0.25) is 4.90 Å². The number of nitrogens with zero attached hydrogens (tertiary/aromatic N) is 1. The number of rotatable bonds is 7. The van der Waals surface area contributed by atoms with Gasteiger partial charge in [-0.2, -0.15) is 0 Å². The molecule has 0 unspecified atom stereocenters. The Labute approximate surface area is 164 Å². The molecule has 2 heterocycles. The first-order valence-corrected chi connectivity index (χ1v) is 9.24. The van der Waals surface area contributed by atoms with E-state index in [2.05, 4.69) is 6.58 Å². The fraction of sp³-hybridized carbons (Fsp3) is 0.550. The average Bonchev–Trinajstić information content (AvgIpc) is 3.16. The number of aliphatic hydroxyl groups excluding tert-OH is 2. The summed E-state index contributed by atoms with van der Waals surface area (Å²) in [5.74, 6) is -0.892. The highest BCUT2D eigenvalue weighted by Gasteiger charge is 2.59. The number of carbonyl (C=O) groups excluding carboxylic acids is 1. The Hall–Kier alpha value is -1.97. The van der Waals surface area contributed by atoms with Crippen molar-refractivity contribution < 1.29 is 34.0 Å². The maximum absolute atomic E-state index is 12.9. The Morgan fingerprint density at radius 3 is 2.71 bits per heavy atom. The summed E-state index contributed by atoms with van der Waals surface area (Å²) >= 11 is 0. The molecule has 8 nitrogen and oxygen atoms in total. The van der Waals surface area contributed by atoms with Crippen LogP contribution in [0.5, 0.6) is 0 Å². The molecule has 5 atom stereocenters. The third-order valence-corrected chi connectivity index (χ3v) is 4.74. The van der Waals surface area contributed by atoms with Crippen molar-refractivity contribution in [2.75, 3.05) is 13.2 Å². The third kappa shape index (κ3) is 4.37. The van der Waals surface area contributed by atoms with Crippen molar-refractivity contribution in [3.63, 3.8) is 0 Å². The molecular weight excluding hydrogens is 366 g/mol. The Kier molecular flexibility index (Phi) is 6.36. The van der Waals surface area contributed by atoms with Crippen LogP contribution in [0.1, 0.15) is 19.4 Å². The van der Waals surface area contributed by atoms with Crippen molar-refractivity contribution in [3.8, 4) is 0 Å². The Bertz CT molecular complexity index is 680. The summed E-state index contributed by atoms with van der Waals surface area (Å²) < 4.78 is 22.9. The first kappa shape index (κ1) is 20.8. The SMILES string of the molecule is C=CCN(C(=O)OCc1ccccc1)[C@H]1[C@H]2OC(C)(C)O[C@H]2O[C@@H]1[C@H](O)CO. The van der Waals surface area contributed by atoms with Crippen LogP contribution in [0.15, 0.2) is 43.0 Å². The molecule has 2 N–H and O–H groups in total. The molecule has 0 aliphatic carbocycles. The van der Waals surface area contributed by atoms with Gasteiger partial charge in [0.1, 0.15) is 24.9 Å². The highest BCUT2D eigenvalue weighted by Crippen LogP contribution is 2.40. The first-order valence-electron chi connectivity index (χ1n) is 9.24. The van der Waals surface area contributed by atoms with Gasteiger partial charge >= 0.3 is 6.09 Å². The van der Waals surface area contributed by atoms with E-state index in [0.29, 0.717) is 0 Å². The van der Waals surface area contributed by atoms with Crippen LogP contribution in [0.3, 0.4) is 0 Å². The number of hydrogen-bond donors (Lipinski definition) is 2. The van der Waals surface area contributed by atoms with Crippen LogP contribution in [-0.4, -0.2) is 70.8 Å². The number of ether oxygens (including phenoxy) is 4. The molecule has 2 saturated heterocycles. The molecule has 2 aliphatic heterocycles. The van der Waals surface area contributed by atoms with E-state index in [9.17, 15) is 15.0 Å². The van der Waals surface area contributed by atoms with Gasteiger partial charge in [0.2, 0.25) is 0 Å². The highest BCUT2D eigenvalue weighted by molar-refractivity contribution is 5.68. The molecule has 8 heteroatoms. The predicted molar refractivity (Wildman–Crippen MR) is 99.1 cm³/mol. The number of carbonyl (C=O) groups is 1. The number of fused-ring (bicyclic) bond motifs is 1. The van der Waals surface area contributed by atoms with E-state index < -0.39 is 49.1 Å². The molecule has 28 heavy (non-hydrogen) atoms. The molecule has 154 valence electrons. The molecule has 0 spiro atoms. The average molecular weight is 393 g/mol. The minimum atomic E-state index is -1.21. The topological polar surface area (TPSA) is 97.7 Å². The molecule has 2 fully saturated rings. The maximum Gasteiger partial charge on any atom is 0.410 e. The molecule has 3 rings (SSSR count). The van der Waals surface area contributed by atoms with E-state index in [-0.39, 0.29) is 13.2 Å². The quantitative estimate of drug-likeness (QED) is 0.676. The van der Waals surface area contributed by atoms with Gasteiger partial charge in [-0.25, -0.2) is 4.79 Å². The predicted octanol–water partition coefficient (Wildman–Crippen LogP) is 1.41. The van der Waals surface area contributed by atoms with Crippen LogP contribution in [0, 0.1) is 0 Å². The van der Waals surface area contributed by atoms with Gasteiger partial charge in [-0.1, -0.05) is 36.4 Å². The van der Waals surface area contributed by atoms with Crippen molar-refractivity contribution in [2.45, 2.75) is 56.9 Å². The largest absolute Gasteiger partial charge is 0.445 e. The van der Waals surface area contributed by atoms with E-state index in [4.69, 9.17) is 18.9 Å². The number of hydrogen-bond acceptors (Lipinski definition) is 7. The molecule has 0 bridgehead atoms. The summed E-state index contributed by atoms with van der Waals surface area (Å²) in [5, 5.41) is 19.6. The molecular formula is C20H27NO7. The summed E-state index contributed by atoms with van der Waals surface area (Å²) in [4.78, 5) is 14.3. The number of aliphatic hydroxyl groups is 2. The van der Waals surface area contributed by atoms with Crippen LogP contribution in [0.2, 0.25) is 0 Å². The minimum Gasteiger partial charge on any atom is -0.445 e. The zero-order valence-corrected chi connectivity index (χ0v) is 16.1. The van der Waals surface area contributed by atoms with Crippen molar-refractivity contribution in [1.82, 2.24) is 4.90 Å². The minimum absolute atomic E-state index is 0.102. The van der Waals surface area contributed by atoms with E-state index in [1.54, 1.807) is 19.9 Å². The van der Waals surface area contributed by atoms with Gasteiger partial charge in [0.15, 0.2) is 12.1 Å². The van der Waals surface area contributed by atoms with Crippen LogP contribution >= 0.6 is 0 Å². The zero-order valence-electron chi connectivity index (χ0n) is 16.1. The summed E-state index contributed by atoms with van der Waals surface area (Å²) in [5.41, 5.74) is 0.850. The molecule has 0 aromatic heterocycles. The highest BCUT2D eigenvalue weighted by atomic mass is 16.8.